The average molecular weight is 695 g/mol. The summed E-state index contributed by atoms with van der Waals surface area (Å²) in [6, 6.07) is 8.84. The second-order valence-electron chi connectivity index (χ2n) is 12.1. The molecule has 1 aromatic heterocycles. The second kappa shape index (κ2) is 18.1. The van der Waals surface area contributed by atoms with Crippen molar-refractivity contribution >= 4 is 52.4 Å². The topological polar surface area (TPSA) is 270 Å². The molecule has 1 heterocycles. The minimum Gasteiger partial charge on any atom is -0.481 e. The monoisotopic (exact) mass is 694 g/mol. The van der Waals surface area contributed by atoms with Gasteiger partial charge in [-0.25, -0.2) is 4.79 Å². The Morgan fingerprint density at radius 1 is 0.700 bits per heavy atom. The van der Waals surface area contributed by atoms with Gasteiger partial charge in [-0.15, -0.1) is 0 Å². The van der Waals surface area contributed by atoms with Gasteiger partial charge in [-0.2, -0.15) is 0 Å². The number of hydrogen-bond donors (Lipinski definition) is 9. The van der Waals surface area contributed by atoms with Crippen LogP contribution in [0, 0.1) is 5.92 Å². The number of H-pyrrole nitrogens is 1. The number of fused-ring (bicyclic) bond motifs is 1. The van der Waals surface area contributed by atoms with Crippen molar-refractivity contribution in [3.05, 3.63) is 71.9 Å². The van der Waals surface area contributed by atoms with E-state index in [1.807, 2.05) is 12.1 Å². The number of amides is 4. The predicted octanol–water partition coefficient (Wildman–Crippen LogP) is 0.300. The van der Waals surface area contributed by atoms with Gasteiger partial charge in [0.25, 0.3) is 0 Å². The van der Waals surface area contributed by atoms with Gasteiger partial charge in [0, 0.05) is 29.9 Å². The molecule has 0 unspecified atom stereocenters. The van der Waals surface area contributed by atoms with Gasteiger partial charge < -0.3 is 47.3 Å². The van der Waals surface area contributed by atoms with E-state index in [0.29, 0.717) is 5.56 Å². The molecular weight excluding hydrogens is 652 g/mol. The summed E-state index contributed by atoms with van der Waals surface area (Å²) >= 11 is 0. The number of aliphatic carboxylic acids is 3. The normalized spacial score (nSPS) is 14.1. The van der Waals surface area contributed by atoms with Crippen LogP contribution in [0.3, 0.4) is 0 Å². The van der Waals surface area contributed by atoms with Crippen molar-refractivity contribution in [2.24, 2.45) is 11.7 Å². The minimum absolute atomic E-state index is 0.0833. The fraction of sp³-hybridized carbons (Fsp3) is 0.382. The van der Waals surface area contributed by atoms with Crippen LogP contribution in [-0.4, -0.2) is 92.0 Å². The smallest absolute Gasteiger partial charge is 0.326 e. The summed E-state index contributed by atoms with van der Waals surface area (Å²) in [7, 11) is 0. The van der Waals surface area contributed by atoms with E-state index < -0.39 is 96.9 Å². The van der Waals surface area contributed by atoms with Crippen molar-refractivity contribution in [1.29, 1.82) is 0 Å². The van der Waals surface area contributed by atoms with Gasteiger partial charge in [0.1, 0.15) is 24.2 Å². The van der Waals surface area contributed by atoms with Gasteiger partial charge in [-0.3, -0.25) is 28.8 Å². The first-order chi connectivity index (χ1) is 23.7. The van der Waals surface area contributed by atoms with Crippen LogP contribution in [0.1, 0.15) is 44.2 Å². The lowest BCUT2D eigenvalue weighted by molar-refractivity contribution is -0.143. The third-order valence-electron chi connectivity index (χ3n) is 7.89. The van der Waals surface area contributed by atoms with Crippen LogP contribution in [-0.2, 0) is 46.4 Å². The lowest BCUT2D eigenvalue weighted by Crippen LogP contribution is -2.60. The number of rotatable bonds is 19. The Morgan fingerprint density at radius 2 is 1.30 bits per heavy atom. The van der Waals surface area contributed by atoms with Crippen LogP contribution < -0.4 is 27.0 Å². The molecule has 0 aliphatic rings. The Kier molecular flexibility index (Phi) is 14.0. The molecule has 2 aromatic carbocycles. The lowest BCUT2D eigenvalue weighted by Gasteiger charge is -2.27. The quantitative estimate of drug-likeness (QED) is 0.0823. The molecule has 0 bridgehead atoms. The molecular formula is C34H42N6O10. The number of carbonyl (C=O) groups excluding carboxylic acids is 4. The van der Waals surface area contributed by atoms with E-state index >= 15 is 0 Å². The zero-order valence-electron chi connectivity index (χ0n) is 27.5. The first-order valence-electron chi connectivity index (χ1n) is 15.9. The van der Waals surface area contributed by atoms with Gasteiger partial charge in [0.15, 0.2) is 0 Å². The van der Waals surface area contributed by atoms with Crippen molar-refractivity contribution in [1.82, 2.24) is 26.3 Å². The molecule has 0 fully saturated rings. The maximum absolute atomic E-state index is 13.4. The summed E-state index contributed by atoms with van der Waals surface area (Å²) in [5.41, 5.74) is 8.16. The predicted molar refractivity (Wildman–Crippen MR) is 179 cm³/mol. The Balaban J connectivity index is 1.73. The molecule has 0 aliphatic heterocycles. The fourth-order valence-corrected chi connectivity index (χ4v) is 5.20. The number of aromatic nitrogens is 1. The summed E-state index contributed by atoms with van der Waals surface area (Å²) in [6.45, 7) is 3.14. The molecule has 16 nitrogen and oxygen atoms in total. The van der Waals surface area contributed by atoms with Crippen molar-refractivity contribution in [3.8, 4) is 0 Å². The number of nitrogens with two attached hydrogens (primary N) is 1. The van der Waals surface area contributed by atoms with Crippen LogP contribution in [0.4, 0.5) is 0 Å². The van der Waals surface area contributed by atoms with E-state index in [1.54, 1.807) is 62.5 Å². The molecule has 5 atom stereocenters. The minimum atomic E-state index is -1.77. The molecule has 0 radical (unpaired) electrons. The summed E-state index contributed by atoms with van der Waals surface area (Å²) in [5.74, 6) is -8.49. The van der Waals surface area contributed by atoms with Gasteiger partial charge in [0.05, 0.1) is 12.5 Å². The van der Waals surface area contributed by atoms with E-state index in [9.17, 15) is 48.9 Å². The SMILES string of the molecule is CC(C)[C@H](NC(=O)[C@H](CC(=O)O)NC(=O)[C@H](CCC(=O)O)NC(=O)[C@@H](N)Cc1ccccc1)C(=O)N[C@@H](Cc1c[nH]c2ccccc12)C(=O)O. The third kappa shape index (κ3) is 11.4. The van der Waals surface area contributed by atoms with Crippen LogP contribution in [0.25, 0.3) is 10.9 Å². The first-order valence-corrected chi connectivity index (χ1v) is 15.9. The molecule has 10 N–H and O–H groups in total. The maximum atomic E-state index is 13.4. The zero-order valence-corrected chi connectivity index (χ0v) is 27.5. The molecule has 0 aliphatic carbocycles. The number of carbonyl (C=O) groups is 7. The average Bonchev–Trinajstić information content (AvgIpc) is 3.47. The lowest BCUT2D eigenvalue weighted by atomic mass is 10.00. The molecule has 0 saturated carbocycles. The molecule has 3 rings (SSSR count). The van der Waals surface area contributed by atoms with Gasteiger partial charge >= 0.3 is 17.9 Å². The van der Waals surface area contributed by atoms with Crippen molar-refractivity contribution in [2.75, 3.05) is 0 Å². The van der Waals surface area contributed by atoms with E-state index in [4.69, 9.17) is 5.73 Å². The summed E-state index contributed by atoms with van der Waals surface area (Å²) in [4.78, 5) is 91.1. The molecule has 0 saturated heterocycles. The van der Waals surface area contributed by atoms with Gasteiger partial charge in [-0.1, -0.05) is 62.4 Å². The molecule has 0 spiro atoms. The number of hydrogen-bond acceptors (Lipinski definition) is 8. The fourth-order valence-electron chi connectivity index (χ4n) is 5.20. The number of carboxylic acid groups (broad SMARTS) is 3. The van der Waals surface area contributed by atoms with Crippen molar-refractivity contribution in [2.45, 2.75) is 76.2 Å². The number of para-hydroxylation sites is 1. The van der Waals surface area contributed by atoms with Gasteiger partial charge in [-0.05, 0) is 36.0 Å². The van der Waals surface area contributed by atoms with Crippen molar-refractivity contribution < 1.29 is 48.9 Å². The summed E-state index contributed by atoms with van der Waals surface area (Å²) in [5, 5.41) is 38.8. The molecule has 4 amide bonds. The summed E-state index contributed by atoms with van der Waals surface area (Å²) < 4.78 is 0. The highest BCUT2D eigenvalue weighted by molar-refractivity contribution is 5.97. The third-order valence-corrected chi connectivity index (χ3v) is 7.89. The standard InChI is InChI=1S/C34H42N6O10/c1-18(2)29(33(48)39-26(34(49)50)15-20-17-36-23-11-7-6-10-21(20)23)40-32(47)25(16-28(43)44)38-31(46)24(12-13-27(41)42)37-30(45)22(35)14-19-8-4-3-5-9-19/h3-11,17-18,22,24-26,29,36H,12-16,35H2,1-2H3,(H,37,45)(H,38,46)(H,39,48)(H,40,47)(H,41,42)(H,43,44)(H,49,50)/t22-,24-,25-,26-,29-/m0/s1. The van der Waals surface area contributed by atoms with E-state index in [2.05, 4.69) is 26.3 Å². The highest BCUT2D eigenvalue weighted by Gasteiger charge is 2.34. The van der Waals surface area contributed by atoms with Crippen molar-refractivity contribution in [3.63, 3.8) is 0 Å². The Hall–Kier alpha value is -5.77. The highest BCUT2D eigenvalue weighted by Crippen LogP contribution is 2.19. The Bertz CT molecular complexity index is 1690. The van der Waals surface area contributed by atoms with Crippen LogP contribution >= 0.6 is 0 Å². The Morgan fingerprint density at radius 3 is 1.92 bits per heavy atom. The van der Waals surface area contributed by atoms with E-state index in [0.717, 1.165) is 16.5 Å². The highest BCUT2D eigenvalue weighted by atomic mass is 16.4. The molecule has 268 valence electrons. The molecule has 50 heavy (non-hydrogen) atoms. The van der Waals surface area contributed by atoms with Crippen LogP contribution in [0.15, 0.2) is 60.8 Å². The number of carboxylic acids is 3. The zero-order chi connectivity index (χ0) is 37.0. The van der Waals surface area contributed by atoms with E-state index in [1.165, 1.54) is 0 Å². The first kappa shape index (κ1) is 38.7. The van der Waals surface area contributed by atoms with E-state index in [-0.39, 0.29) is 12.8 Å². The largest absolute Gasteiger partial charge is 0.481 e. The molecule has 3 aromatic rings. The number of nitrogens with one attached hydrogen (secondary N) is 5. The Labute approximate surface area is 287 Å². The van der Waals surface area contributed by atoms with Gasteiger partial charge in [0.2, 0.25) is 23.6 Å². The van der Waals surface area contributed by atoms with Crippen LogP contribution in [0.2, 0.25) is 0 Å². The second-order valence-corrected chi connectivity index (χ2v) is 12.1. The number of aromatic amines is 1. The summed E-state index contributed by atoms with van der Waals surface area (Å²) in [6.07, 6.45) is -0.239. The van der Waals surface area contributed by atoms with Crippen LogP contribution in [0.5, 0.6) is 0 Å². The maximum Gasteiger partial charge on any atom is 0.326 e. The number of benzene rings is 2. The molecule has 16 heteroatoms.